The molecule has 0 spiro atoms. The average molecular weight is 372 g/mol. The summed E-state index contributed by atoms with van der Waals surface area (Å²) < 4.78 is 1.32. The van der Waals surface area contributed by atoms with Gasteiger partial charge in [0.2, 0.25) is 0 Å². The third-order valence-electron chi connectivity index (χ3n) is 3.89. The number of benzene rings is 1. The Morgan fingerprint density at radius 3 is 2.53 bits per heavy atom. The molecule has 2 nitrogen and oxygen atoms in total. The zero-order valence-electron chi connectivity index (χ0n) is 11.9. The van der Waals surface area contributed by atoms with Crippen LogP contribution in [0.5, 0.6) is 0 Å². The summed E-state index contributed by atoms with van der Waals surface area (Å²) in [5, 5.41) is 3.56. The van der Waals surface area contributed by atoms with E-state index >= 15 is 0 Å². The molecule has 1 N–H and O–H groups in total. The Bertz CT molecular complexity index is 356. The summed E-state index contributed by atoms with van der Waals surface area (Å²) in [6, 6.07) is 8.93. The van der Waals surface area contributed by atoms with Gasteiger partial charge in [-0.1, -0.05) is 19.1 Å². The zero-order valence-corrected chi connectivity index (χ0v) is 14.0. The van der Waals surface area contributed by atoms with Crippen LogP contribution >= 0.6 is 22.6 Å². The fourth-order valence-corrected chi connectivity index (χ4v) is 3.04. The first-order valence-electron chi connectivity index (χ1n) is 7.45. The Morgan fingerprint density at radius 2 is 1.89 bits per heavy atom. The summed E-state index contributed by atoms with van der Waals surface area (Å²) in [4.78, 5) is 2.60. The second kappa shape index (κ2) is 8.22. The molecule has 0 aliphatic carbocycles. The van der Waals surface area contributed by atoms with E-state index in [2.05, 4.69) is 64.0 Å². The first-order chi connectivity index (χ1) is 9.28. The highest BCUT2D eigenvalue weighted by atomic mass is 127. The lowest BCUT2D eigenvalue weighted by Gasteiger charge is -2.32. The van der Waals surface area contributed by atoms with Crippen LogP contribution in [0.2, 0.25) is 0 Å². The van der Waals surface area contributed by atoms with Crippen molar-refractivity contribution in [3.05, 3.63) is 33.4 Å². The van der Waals surface area contributed by atoms with Crippen LogP contribution in [0.25, 0.3) is 0 Å². The molecule has 1 saturated heterocycles. The number of nitrogens with zero attached hydrogens (tertiary/aromatic N) is 1. The second-order valence-corrected chi connectivity index (χ2v) is 6.80. The largest absolute Gasteiger partial charge is 0.316 e. The predicted octanol–water partition coefficient (Wildman–Crippen LogP) is 3.50. The topological polar surface area (TPSA) is 15.3 Å². The van der Waals surface area contributed by atoms with E-state index < -0.39 is 0 Å². The molecule has 3 heteroatoms. The molecule has 1 aliphatic heterocycles. The average Bonchev–Trinajstić information content (AvgIpc) is 2.44. The normalized spacial score (nSPS) is 17.8. The van der Waals surface area contributed by atoms with Gasteiger partial charge in [0, 0.05) is 10.1 Å². The maximum absolute atomic E-state index is 3.56. The third kappa shape index (κ3) is 5.40. The second-order valence-electron chi connectivity index (χ2n) is 5.55. The van der Waals surface area contributed by atoms with Crippen molar-refractivity contribution in [1.29, 1.82) is 0 Å². The molecule has 1 heterocycles. The maximum atomic E-state index is 3.56. The third-order valence-corrected chi connectivity index (χ3v) is 4.61. The van der Waals surface area contributed by atoms with Gasteiger partial charge < -0.3 is 5.32 Å². The number of rotatable bonds is 6. The van der Waals surface area contributed by atoms with Gasteiger partial charge in [0.15, 0.2) is 0 Å². The summed E-state index contributed by atoms with van der Waals surface area (Å²) in [7, 11) is 0. The first kappa shape index (κ1) is 15.3. The molecule has 1 aromatic carbocycles. The minimum Gasteiger partial charge on any atom is -0.316 e. The van der Waals surface area contributed by atoms with Crippen molar-refractivity contribution in [3.63, 3.8) is 0 Å². The monoisotopic (exact) mass is 372 g/mol. The summed E-state index contributed by atoms with van der Waals surface area (Å²) >= 11 is 2.37. The lowest BCUT2D eigenvalue weighted by Crippen LogP contribution is -2.37. The van der Waals surface area contributed by atoms with Crippen molar-refractivity contribution in [2.45, 2.75) is 32.7 Å². The molecule has 0 amide bonds. The fraction of sp³-hybridized carbons (Fsp3) is 0.625. The molecule has 0 radical (unpaired) electrons. The van der Waals surface area contributed by atoms with E-state index in [9.17, 15) is 0 Å². The van der Waals surface area contributed by atoms with E-state index in [1.807, 2.05) is 0 Å². The quantitative estimate of drug-likeness (QED) is 0.608. The SMILES string of the molecule is CCCNCC1CCN(Cc2ccc(I)cc2)CC1. The molecule has 0 unspecified atom stereocenters. The number of hydrogen-bond donors (Lipinski definition) is 1. The van der Waals surface area contributed by atoms with E-state index in [4.69, 9.17) is 0 Å². The standard InChI is InChI=1S/C16H25IN2/c1-2-9-18-12-14-7-10-19(11-8-14)13-15-3-5-16(17)6-4-15/h3-6,14,18H,2,7-13H2,1H3. The van der Waals surface area contributed by atoms with Gasteiger partial charge in [-0.15, -0.1) is 0 Å². The van der Waals surface area contributed by atoms with Gasteiger partial charge in [0.1, 0.15) is 0 Å². The number of piperidine rings is 1. The van der Waals surface area contributed by atoms with Crippen LogP contribution in [0, 0.1) is 9.49 Å². The van der Waals surface area contributed by atoms with E-state index in [0.717, 1.165) is 12.5 Å². The molecule has 1 aromatic rings. The smallest absolute Gasteiger partial charge is 0.0233 e. The van der Waals surface area contributed by atoms with Crippen molar-refractivity contribution in [3.8, 4) is 0 Å². The van der Waals surface area contributed by atoms with Crippen molar-refractivity contribution < 1.29 is 0 Å². The Balaban J connectivity index is 1.69. The number of likely N-dealkylation sites (tertiary alicyclic amines) is 1. The highest BCUT2D eigenvalue weighted by molar-refractivity contribution is 14.1. The Morgan fingerprint density at radius 1 is 1.21 bits per heavy atom. The van der Waals surface area contributed by atoms with Crippen LogP contribution in [0.4, 0.5) is 0 Å². The fourth-order valence-electron chi connectivity index (χ4n) is 2.68. The van der Waals surface area contributed by atoms with Gasteiger partial charge in [-0.2, -0.15) is 0 Å². The Labute approximate surface area is 131 Å². The minimum atomic E-state index is 0.888. The van der Waals surface area contributed by atoms with Crippen LogP contribution in [0.3, 0.4) is 0 Å². The molecule has 0 saturated carbocycles. The molecule has 1 aliphatic rings. The summed E-state index contributed by atoms with van der Waals surface area (Å²) in [5.74, 6) is 0.888. The molecule has 106 valence electrons. The van der Waals surface area contributed by atoms with Crippen molar-refractivity contribution in [1.82, 2.24) is 10.2 Å². The highest BCUT2D eigenvalue weighted by Gasteiger charge is 2.18. The van der Waals surface area contributed by atoms with Crippen molar-refractivity contribution in [2.24, 2.45) is 5.92 Å². The van der Waals surface area contributed by atoms with Gasteiger partial charge in [-0.3, -0.25) is 4.90 Å². The lowest BCUT2D eigenvalue weighted by atomic mass is 9.96. The van der Waals surface area contributed by atoms with Gasteiger partial charge in [0.05, 0.1) is 0 Å². The molecule has 19 heavy (non-hydrogen) atoms. The van der Waals surface area contributed by atoms with Gasteiger partial charge >= 0.3 is 0 Å². The minimum absolute atomic E-state index is 0.888. The highest BCUT2D eigenvalue weighted by Crippen LogP contribution is 2.18. The van der Waals surface area contributed by atoms with E-state index in [1.165, 1.54) is 54.6 Å². The molecular formula is C16H25IN2. The maximum Gasteiger partial charge on any atom is 0.0233 e. The summed E-state index contributed by atoms with van der Waals surface area (Å²) in [6.45, 7) is 8.24. The van der Waals surface area contributed by atoms with E-state index in [0.29, 0.717) is 0 Å². The van der Waals surface area contributed by atoms with Crippen LogP contribution in [-0.2, 0) is 6.54 Å². The van der Waals surface area contributed by atoms with Crippen LogP contribution in [-0.4, -0.2) is 31.1 Å². The van der Waals surface area contributed by atoms with Crippen molar-refractivity contribution >= 4 is 22.6 Å². The molecule has 2 rings (SSSR count). The van der Waals surface area contributed by atoms with E-state index in [-0.39, 0.29) is 0 Å². The lowest BCUT2D eigenvalue weighted by molar-refractivity contribution is 0.175. The Hall–Kier alpha value is -0.130. The summed E-state index contributed by atoms with van der Waals surface area (Å²) in [5.41, 5.74) is 1.45. The molecular weight excluding hydrogens is 347 g/mol. The van der Waals surface area contributed by atoms with Gasteiger partial charge in [-0.05, 0) is 91.6 Å². The first-order valence-corrected chi connectivity index (χ1v) is 8.53. The Kier molecular flexibility index (Phi) is 6.61. The van der Waals surface area contributed by atoms with E-state index in [1.54, 1.807) is 0 Å². The van der Waals surface area contributed by atoms with Crippen LogP contribution < -0.4 is 5.32 Å². The summed E-state index contributed by atoms with van der Waals surface area (Å²) in [6.07, 6.45) is 3.94. The predicted molar refractivity (Wildman–Crippen MR) is 90.3 cm³/mol. The van der Waals surface area contributed by atoms with Crippen LogP contribution in [0.15, 0.2) is 24.3 Å². The number of halogens is 1. The zero-order chi connectivity index (χ0) is 13.5. The van der Waals surface area contributed by atoms with Gasteiger partial charge in [-0.25, -0.2) is 0 Å². The van der Waals surface area contributed by atoms with Crippen LogP contribution in [0.1, 0.15) is 31.7 Å². The van der Waals surface area contributed by atoms with Crippen molar-refractivity contribution in [2.75, 3.05) is 26.2 Å². The number of nitrogens with one attached hydrogen (secondary N) is 1. The molecule has 0 aromatic heterocycles. The molecule has 0 atom stereocenters. The molecule has 0 bridgehead atoms. The number of hydrogen-bond acceptors (Lipinski definition) is 2. The van der Waals surface area contributed by atoms with Gasteiger partial charge in [0.25, 0.3) is 0 Å². The molecule has 1 fully saturated rings.